The summed E-state index contributed by atoms with van der Waals surface area (Å²) in [5, 5.41) is 2.27. The lowest BCUT2D eigenvalue weighted by atomic mass is 10.1. The summed E-state index contributed by atoms with van der Waals surface area (Å²) in [6.45, 7) is 4.86. The summed E-state index contributed by atoms with van der Waals surface area (Å²) < 4.78 is 28.6. The number of benzene rings is 1. The number of hydrogen-bond acceptors (Lipinski definition) is 7. The van der Waals surface area contributed by atoms with E-state index in [1.165, 1.54) is 5.39 Å². The van der Waals surface area contributed by atoms with Gasteiger partial charge >= 0.3 is 0 Å². The largest absolute Gasteiger partial charge is 0.497 e. The molecular formula is C32H35N5O4. The third kappa shape index (κ3) is 4.63. The summed E-state index contributed by atoms with van der Waals surface area (Å²) in [4.78, 5) is 13.8. The molecule has 1 saturated heterocycles. The van der Waals surface area contributed by atoms with E-state index < -0.39 is 5.79 Å². The van der Waals surface area contributed by atoms with Gasteiger partial charge < -0.3 is 28.1 Å². The predicted octanol–water partition coefficient (Wildman–Crippen LogP) is 5.36. The van der Waals surface area contributed by atoms with E-state index in [9.17, 15) is 0 Å². The van der Waals surface area contributed by atoms with Gasteiger partial charge in [-0.05, 0) is 62.9 Å². The van der Waals surface area contributed by atoms with Gasteiger partial charge in [-0.15, -0.1) is 0 Å². The molecule has 7 rings (SSSR count). The van der Waals surface area contributed by atoms with Crippen molar-refractivity contribution in [1.82, 2.24) is 24.1 Å². The molecule has 5 heterocycles. The van der Waals surface area contributed by atoms with Crippen molar-refractivity contribution in [3.63, 3.8) is 0 Å². The van der Waals surface area contributed by atoms with Gasteiger partial charge in [-0.3, -0.25) is 4.98 Å². The molecule has 1 aromatic carbocycles. The van der Waals surface area contributed by atoms with Crippen LogP contribution in [0.15, 0.2) is 67.5 Å². The van der Waals surface area contributed by atoms with Crippen LogP contribution in [-0.2, 0) is 28.9 Å². The number of aromatic nitrogens is 5. The van der Waals surface area contributed by atoms with E-state index in [0.717, 1.165) is 65.1 Å². The number of ether oxygens (including phenoxy) is 4. The zero-order valence-corrected chi connectivity index (χ0v) is 23.9. The Morgan fingerprint density at radius 1 is 0.976 bits per heavy atom. The SMILES string of the molecule is COc1ccc(CCc2ncnc3c2ccn3[C@@H]2C[C@H](Cn3ccc4ccncc43)[C@H]3OC(C)(C)O[C@H]32)c(OC)c1. The molecular weight excluding hydrogens is 518 g/mol. The summed E-state index contributed by atoms with van der Waals surface area (Å²) in [6, 6.07) is 12.4. The number of pyridine rings is 1. The Morgan fingerprint density at radius 3 is 2.71 bits per heavy atom. The predicted molar refractivity (Wildman–Crippen MR) is 155 cm³/mol. The average Bonchev–Trinajstić information content (AvgIpc) is 3.74. The molecule has 1 aliphatic heterocycles. The number of methoxy groups -OCH3 is 2. The lowest BCUT2D eigenvalue weighted by Gasteiger charge is -2.25. The quantitative estimate of drug-likeness (QED) is 0.256. The maximum atomic E-state index is 6.54. The summed E-state index contributed by atoms with van der Waals surface area (Å²) in [7, 11) is 3.35. The van der Waals surface area contributed by atoms with Crippen molar-refractivity contribution >= 4 is 21.9 Å². The zero-order chi connectivity index (χ0) is 28.1. The monoisotopic (exact) mass is 553 g/mol. The first-order valence-electron chi connectivity index (χ1n) is 14.2. The highest BCUT2D eigenvalue weighted by molar-refractivity contribution is 5.79. The number of fused-ring (bicyclic) bond motifs is 3. The molecule has 0 spiro atoms. The van der Waals surface area contributed by atoms with Crippen LogP contribution in [0.25, 0.3) is 21.9 Å². The second-order valence-corrected chi connectivity index (χ2v) is 11.5. The molecule has 0 bridgehead atoms. The van der Waals surface area contributed by atoms with Gasteiger partial charge in [0.2, 0.25) is 0 Å². The van der Waals surface area contributed by atoms with Crippen molar-refractivity contribution in [2.24, 2.45) is 5.92 Å². The molecule has 0 amide bonds. The van der Waals surface area contributed by atoms with Crippen molar-refractivity contribution in [3.8, 4) is 11.5 Å². The molecule has 0 unspecified atom stereocenters. The van der Waals surface area contributed by atoms with E-state index in [1.54, 1.807) is 20.5 Å². The first-order valence-corrected chi connectivity index (χ1v) is 14.2. The smallest absolute Gasteiger partial charge is 0.163 e. The van der Waals surface area contributed by atoms with Crippen molar-refractivity contribution < 1.29 is 18.9 Å². The van der Waals surface area contributed by atoms with Crippen molar-refractivity contribution in [3.05, 3.63) is 78.8 Å². The minimum atomic E-state index is -0.632. The fraction of sp³-hybridized carbons (Fsp3) is 0.406. The Morgan fingerprint density at radius 2 is 1.85 bits per heavy atom. The van der Waals surface area contributed by atoms with E-state index in [-0.39, 0.29) is 24.2 Å². The van der Waals surface area contributed by atoms with Crippen LogP contribution >= 0.6 is 0 Å². The fourth-order valence-electron chi connectivity index (χ4n) is 6.75. The highest BCUT2D eigenvalue weighted by atomic mass is 16.8. The third-order valence-electron chi connectivity index (χ3n) is 8.63. The van der Waals surface area contributed by atoms with Gasteiger partial charge in [-0.1, -0.05) is 6.07 Å². The molecule has 2 fully saturated rings. The highest BCUT2D eigenvalue weighted by Gasteiger charge is 2.54. The van der Waals surface area contributed by atoms with Crippen molar-refractivity contribution in [1.29, 1.82) is 0 Å². The number of hydrogen-bond donors (Lipinski definition) is 0. The van der Waals surface area contributed by atoms with Crippen LogP contribution in [0.3, 0.4) is 0 Å². The Labute approximate surface area is 239 Å². The number of aryl methyl sites for hydroxylation is 2. The Bertz CT molecular complexity index is 1710. The van der Waals surface area contributed by atoms with Crippen LogP contribution in [0.2, 0.25) is 0 Å². The number of nitrogens with zero attached hydrogens (tertiary/aromatic N) is 5. The van der Waals surface area contributed by atoms with E-state index >= 15 is 0 Å². The van der Waals surface area contributed by atoms with Crippen LogP contribution < -0.4 is 9.47 Å². The van der Waals surface area contributed by atoms with Gasteiger partial charge in [0.15, 0.2) is 5.79 Å². The van der Waals surface area contributed by atoms with Crippen LogP contribution in [0, 0.1) is 5.92 Å². The summed E-state index contributed by atoms with van der Waals surface area (Å²) in [5.74, 6) is 1.25. The molecule has 4 aromatic heterocycles. The van der Waals surface area contributed by atoms with Gasteiger partial charge in [0.05, 0.1) is 43.8 Å². The molecule has 0 N–H and O–H groups in total. The molecule has 41 heavy (non-hydrogen) atoms. The molecule has 212 valence electrons. The van der Waals surface area contributed by atoms with Crippen LogP contribution in [0.4, 0.5) is 0 Å². The van der Waals surface area contributed by atoms with Crippen LogP contribution in [0.1, 0.15) is 37.6 Å². The van der Waals surface area contributed by atoms with Gasteiger partial charge in [0.1, 0.15) is 29.6 Å². The lowest BCUT2D eigenvalue weighted by molar-refractivity contribution is -0.160. The Hall–Kier alpha value is -3.95. The van der Waals surface area contributed by atoms with E-state index in [0.29, 0.717) is 0 Å². The second kappa shape index (κ2) is 10.2. The topological polar surface area (TPSA) is 85.5 Å². The highest BCUT2D eigenvalue weighted by Crippen LogP contribution is 2.48. The van der Waals surface area contributed by atoms with E-state index in [4.69, 9.17) is 23.9 Å². The zero-order valence-electron chi connectivity index (χ0n) is 23.9. The molecule has 1 saturated carbocycles. The lowest BCUT2D eigenvalue weighted by Crippen LogP contribution is -2.28. The summed E-state index contributed by atoms with van der Waals surface area (Å²) in [6.07, 6.45) is 12.2. The molecule has 5 aromatic rings. The second-order valence-electron chi connectivity index (χ2n) is 11.5. The van der Waals surface area contributed by atoms with Crippen molar-refractivity contribution in [2.75, 3.05) is 14.2 Å². The first-order chi connectivity index (χ1) is 19.9. The van der Waals surface area contributed by atoms with Gasteiger partial charge in [0, 0.05) is 47.9 Å². The standard InChI is InChI=1S/C32H35N5O4/c1-32(2)40-29-22(18-36-13-10-20-9-12-33-17-27(20)36)15-26(30(29)41-32)37-14-11-24-25(34-19-35-31(24)37)8-6-21-5-7-23(38-3)16-28(21)39-4/h5,7,9-14,16-17,19,22,26,29-30H,6,8,15,18H2,1-4H3/t22-,26-,29-,30+/m1/s1. The molecule has 4 atom stereocenters. The van der Waals surface area contributed by atoms with Gasteiger partial charge in [-0.2, -0.15) is 0 Å². The third-order valence-corrected chi connectivity index (χ3v) is 8.63. The van der Waals surface area contributed by atoms with Crippen molar-refractivity contribution in [2.45, 2.75) is 63.7 Å². The average molecular weight is 554 g/mol. The maximum absolute atomic E-state index is 6.54. The molecule has 0 radical (unpaired) electrons. The summed E-state index contributed by atoms with van der Waals surface area (Å²) in [5.41, 5.74) is 4.22. The van der Waals surface area contributed by atoms with Crippen LogP contribution in [-0.4, -0.2) is 56.3 Å². The number of rotatable bonds is 8. The molecule has 1 aliphatic carbocycles. The normalized spacial score (nSPS) is 23.3. The van der Waals surface area contributed by atoms with Crippen LogP contribution in [0.5, 0.6) is 11.5 Å². The van der Waals surface area contributed by atoms with E-state index in [1.807, 2.05) is 38.4 Å². The first kappa shape index (κ1) is 26.0. The Kier molecular flexibility index (Phi) is 6.43. The minimum Gasteiger partial charge on any atom is -0.497 e. The summed E-state index contributed by atoms with van der Waals surface area (Å²) >= 11 is 0. The maximum Gasteiger partial charge on any atom is 0.163 e. The molecule has 9 nitrogen and oxygen atoms in total. The molecule has 2 aliphatic rings. The Balaban J connectivity index is 1.17. The minimum absolute atomic E-state index is 0.00887. The fourth-order valence-corrected chi connectivity index (χ4v) is 6.75. The molecule has 9 heteroatoms. The van der Waals surface area contributed by atoms with Gasteiger partial charge in [-0.25, -0.2) is 9.97 Å². The van der Waals surface area contributed by atoms with E-state index in [2.05, 4.69) is 55.8 Å². The van der Waals surface area contributed by atoms with Gasteiger partial charge in [0.25, 0.3) is 0 Å².